The lowest BCUT2D eigenvalue weighted by molar-refractivity contribution is -0.137. The number of anilines is 1. The van der Waals surface area contributed by atoms with Crippen molar-refractivity contribution in [3.05, 3.63) is 42.2 Å². The van der Waals surface area contributed by atoms with E-state index in [0.29, 0.717) is 11.6 Å². The van der Waals surface area contributed by atoms with Crippen molar-refractivity contribution in [3.8, 4) is 0 Å². The fourth-order valence-corrected chi connectivity index (χ4v) is 2.42. The summed E-state index contributed by atoms with van der Waals surface area (Å²) in [4.78, 5) is 8.88. The van der Waals surface area contributed by atoms with E-state index in [1.54, 1.807) is 24.5 Å². The van der Waals surface area contributed by atoms with Crippen LogP contribution in [-0.2, 0) is 6.18 Å². The Labute approximate surface area is 125 Å². The molecule has 0 spiro atoms. The number of pyridine rings is 2. The molecule has 21 heavy (non-hydrogen) atoms. The van der Waals surface area contributed by atoms with E-state index in [1.165, 1.54) is 11.8 Å². The summed E-state index contributed by atoms with van der Waals surface area (Å²) in [5.41, 5.74) is -0.701. The van der Waals surface area contributed by atoms with Gasteiger partial charge in [-0.2, -0.15) is 13.2 Å². The molecule has 0 aromatic carbocycles. The van der Waals surface area contributed by atoms with E-state index in [4.69, 9.17) is 0 Å². The standard InChI is InChI=1S/C14H14F3N3S/c1-2-5-19-12-8-10(14(15,16)17)9-13(20-12)21-11-3-6-18-7-4-11/h3-4,6-9H,2,5H2,1H3,(H,19,20). The zero-order chi connectivity index (χ0) is 15.3. The summed E-state index contributed by atoms with van der Waals surface area (Å²) in [6.45, 7) is 2.51. The Bertz CT molecular complexity index is 588. The molecule has 0 aliphatic carbocycles. The van der Waals surface area contributed by atoms with Gasteiger partial charge in [0.2, 0.25) is 0 Å². The van der Waals surface area contributed by atoms with Crippen LogP contribution in [0.2, 0.25) is 0 Å². The molecule has 3 nitrogen and oxygen atoms in total. The summed E-state index contributed by atoms with van der Waals surface area (Å²) in [6.07, 6.45) is -0.401. The van der Waals surface area contributed by atoms with Crippen LogP contribution >= 0.6 is 11.8 Å². The lowest BCUT2D eigenvalue weighted by Gasteiger charge is -2.12. The number of nitrogens with one attached hydrogen (secondary N) is 1. The molecule has 0 unspecified atom stereocenters. The fourth-order valence-electron chi connectivity index (χ4n) is 1.59. The van der Waals surface area contributed by atoms with Gasteiger partial charge in [-0.05, 0) is 30.7 Å². The zero-order valence-corrected chi connectivity index (χ0v) is 12.1. The SMILES string of the molecule is CCCNc1cc(C(F)(F)F)cc(Sc2ccncc2)n1. The molecule has 0 aliphatic heterocycles. The Morgan fingerprint density at radius 2 is 1.90 bits per heavy atom. The summed E-state index contributed by atoms with van der Waals surface area (Å²) in [5, 5.41) is 3.20. The molecule has 2 heterocycles. The third kappa shape index (κ3) is 4.63. The number of hydrogen-bond acceptors (Lipinski definition) is 4. The van der Waals surface area contributed by atoms with Gasteiger partial charge in [-0.3, -0.25) is 4.98 Å². The average molecular weight is 313 g/mol. The van der Waals surface area contributed by atoms with Crippen LogP contribution in [0.1, 0.15) is 18.9 Å². The molecule has 0 atom stereocenters. The summed E-state index contributed by atoms with van der Waals surface area (Å²) < 4.78 is 38.8. The van der Waals surface area contributed by atoms with Crippen molar-refractivity contribution in [2.45, 2.75) is 29.4 Å². The summed E-state index contributed by atoms with van der Waals surface area (Å²) in [5.74, 6) is 0.239. The maximum absolute atomic E-state index is 12.9. The molecule has 2 aromatic rings. The van der Waals surface area contributed by atoms with Crippen molar-refractivity contribution in [1.29, 1.82) is 0 Å². The molecule has 2 aromatic heterocycles. The Morgan fingerprint density at radius 3 is 2.52 bits per heavy atom. The van der Waals surface area contributed by atoms with Crippen molar-refractivity contribution in [2.75, 3.05) is 11.9 Å². The fraction of sp³-hybridized carbons (Fsp3) is 0.286. The number of hydrogen-bond donors (Lipinski definition) is 1. The van der Waals surface area contributed by atoms with Crippen LogP contribution in [0.5, 0.6) is 0 Å². The monoisotopic (exact) mass is 313 g/mol. The van der Waals surface area contributed by atoms with Gasteiger partial charge in [0, 0.05) is 23.8 Å². The first kappa shape index (κ1) is 15.6. The van der Waals surface area contributed by atoms with Crippen LogP contribution < -0.4 is 5.32 Å². The normalized spacial score (nSPS) is 11.4. The molecule has 0 aliphatic rings. The number of nitrogens with zero attached hydrogens (tertiary/aromatic N) is 2. The second kappa shape index (κ2) is 6.80. The molecule has 0 amide bonds. The van der Waals surface area contributed by atoms with Crippen molar-refractivity contribution < 1.29 is 13.2 Å². The minimum Gasteiger partial charge on any atom is -0.370 e. The number of halogens is 3. The predicted octanol–water partition coefficient (Wildman–Crippen LogP) is 4.47. The first-order valence-electron chi connectivity index (χ1n) is 6.40. The molecule has 7 heteroatoms. The average Bonchev–Trinajstić information content (AvgIpc) is 2.45. The molecule has 0 fully saturated rings. The van der Waals surface area contributed by atoms with E-state index in [9.17, 15) is 13.2 Å². The van der Waals surface area contributed by atoms with Gasteiger partial charge in [-0.15, -0.1) is 0 Å². The Morgan fingerprint density at radius 1 is 1.19 bits per heavy atom. The van der Waals surface area contributed by atoms with Crippen LogP contribution in [0.3, 0.4) is 0 Å². The third-order valence-electron chi connectivity index (χ3n) is 2.56. The minimum absolute atomic E-state index is 0.239. The number of rotatable bonds is 5. The van der Waals surface area contributed by atoms with Crippen LogP contribution in [-0.4, -0.2) is 16.5 Å². The van der Waals surface area contributed by atoms with Gasteiger partial charge < -0.3 is 5.32 Å². The van der Waals surface area contributed by atoms with Crippen molar-refractivity contribution in [3.63, 3.8) is 0 Å². The lowest BCUT2D eigenvalue weighted by atomic mass is 10.2. The summed E-state index contributed by atoms with van der Waals surface area (Å²) >= 11 is 1.17. The maximum atomic E-state index is 12.9. The third-order valence-corrected chi connectivity index (χ3v) is 3.48. The first-order chi connectivity index (χ1) is 9.99. The van der Waals surface area contributed by atoms with Gasteiger partial charge in [-0.1, -0.05) is 18.7 Å². The minimum atomic E-state index is -4.39. The van der Waals surface area contributed by atoms with Gasteiger partial charge in [0.05, 0.1) is 5.56 Å². The smallest absolute Gasteiger partial charge is 0.370 e. The van der Waals surface area contributed by atoms with Crippen LogP contribution in [0, 0.1) is 0 Å². The van der Waals surface area contributed by atoms with E-state index in [1.807, 2.05) is 6.92 Å². The predicted molar refractivity (Wildman–Crippen MR) is 76.4 cm³/mol. The van der Waals surface area contributed by atoms with Crippen molar-refractivity contribution in [2.24, 2.45) is 0 Å². The number of alkyl halides is 3. The second-order valence-electron chi connectivity index (χ2n) is 4.29. The highest BCUT2D eigenvalue weighted by molar-refractivity contribution is 7.99. The Balaban J connectivity index is 2.30. The van der Waals surface area contributed by atoms with Gasteiger partial charge in [0.15, 0.2) is 0 Å². The zero-order valence-electron chi connectivity index (χ0n) is 11.3. The maximum Gasteiger partial charge on any atom is 0.416 e. The van der Waals surface area contributed by atoms with Gasteiger partial charge in [0.25, 0.3) is 0 Å². The van der Waals surface area contributed by atoms with Crippen LogP contribution in [0.15, 0.2) is 46.6 Å². The summed E-state index contributed by atoms with van der Waals surface area (Å²) in [6, 6.07) is 5.55. The molecular formula is C14H14F3N3S. The molecule has 0 saturated carbocycles. The highest BCUT2D eigenvalue weighted by atomic mass is 32.2. The highest BCUT2D eigenvalue weighted by Crippen LogP contribution is 2.34. The van der Waals surface area contributed by atoms with Crippen LogP contribution in [0.25, 0.3) is 0 Å². The van der Waals surface area contributed by atoms with Crippen molar-refractivity contribution in [1.82, 2.24) is 9.97 Å². The molecule has 0 radical (unpaired) electrons. The quantitative estimate of drug-likeness (QED) is 0.884. The van der Waals surface area contributed by atoms with Gasteiger partial charge in [0.1, 0.15) is 10.8 Å². The molecule has 112 valence electrons. The Hall–Kier alpha value is -1.76. The van der Waals surface area contributed by atoms with Crippen LogP contribution in [0.4, 0.5) is 19.0 Å². The van der Waals surface area contributed by atoms with E-state index in [-0.39, 0.29) is 5.82 Å². The Kier molecular flexibility index (Phi) is 5.06. The number of aromatic nitrogens is 2. The highest BCUT2D eigenvalue weighted by Gasteiger charge is 2.31. The molecule has 2 rings (SSSR count). The topological polar surface area (TPSA) is 37.8 Å². The first-order valence-corrected chi connectivity index (χ1v) is 7.21. The second-order valence-corrected chi connectivity index (χ2v) is 5.38. The summed E-state index contributed by atoms with van der Waals surface area (Å²) in [7, 11) is 0. The van der Waals surface area contributed by atoms with Gasteiger partial charge in [-0.25, -0.2) is 4.98 Å². The molecule has 1 N–H and O–H groups in total. The lowest BCUT2D eigenvalue weighted by Crippen LogP contribution is -2.09. The van der Waals surface area contributed by atoms with E-state index in [2.05, 4.69) is 15.3 Å². The molecule has 0 saturated heterocycles. The largest absolute Gasteiger partial charge is 0.416 e. The van der Waals surface area contributed by atoms with Crippen molar-refractivity contribution >= 4 is 17.6 Å². The van der Waals surface area contributed by atoms with E-state index < -0.39 is 11.7 Å². The molecule has 0 bridgehead atoms. The van der Waals surface area contributed by atoms with Gasteiger partial charge >= 0.3 is 6.18 Å². The van der Waals surface area contributed by atoms with E-state index >= 15 is 0 Å². The van der Waals surface area contributed by atoms with E-state index in [0.717, 1.165) is 23.4 Å². The molecular weight excluding hydrogens is 299 g/mol.